The van der Waals surface area contributed by atoms with Gasteiger partial charge in [0, 0.05) is 22.9 Å². The molecule has 0 saturated carbocycles. The van der Waals surface area contributed by atoms with Crippen molar-refractivity contribution in [2.45, 2.75) is 25.1 Å². The van der Waals surface area contributed by atoms with Crippen LogP contribution in [0.1, 0.15) is 16.7 Å². The van der Waals surface area contributed by atoms with Gasteiger partial charge in [-0.05, 0) is 34.4 Å². The summed E-state index contributed by atoms with van der Waals surface area (Å²) in [6, 6.07) is 8.74. The number of nitrogens with zero attached hydrogens (tertiary/aromatic N) is 2. The number of aliphatic hydroxyl groups is 2. The molecule has 3 aromatic rings. The van der Waals surface area contributed by atoms with E-state index in [0.717, 1.165) is 0 Å². The molecule has 1 unspecified atom stereocenters. The quantitative estimate of drug-likeness (QED) is 0.657. The number of hydrogen-bond donors (Lipinski definition) is 3. The van der Waals surface area contributed by atoms with E-state index in [9.17, 15) is 23.4 Å². The average molecular weight is 375 g/mol. The fourth-order valence-corrected chi connectivity index (χ4v) is 3.68. The van der Waals surface area contributed by atoms with Crippen LogP contribution in [-0.2, 0) is 18.9 Å². The largest absolute Gasteiger partial charge is 0.425 e. The van der Waals surface area contributed by atoms with Crippen LogP contribution in [0.3, 0.4) is 0 Å². The zero-order chi connectivity index (χ0) is 19.4. The average Bonchev–Trinajstić information content (AvgIpc) is 3.23. The van der Waals surface area contributed by atoms with Crippen LogP contribution in [-0.4, -0.2) is 26.2 Å². The van der Waals surface area contributed by atoms with Gasteiger partial charge in [0.25, 0.3) is 0 Å². The Balaban J connectivity index is 2.04. The Labute approximate surface area is 152 Å². The number of rotatable bonds is 3. The molecule has 0 fully saturated rings. The summed E-state index contributed by atoms with van der Waals surface area (Å²) >= 11 is 0. The molecule has 27 heavy (non-hydrogen) atoms. The molecule has 1 heterocycles. The van der Waals surface area contributed by atoms with Crippen molar-refractivity contribution in [3.8, 4) is 22.3 Å². The zero-order valence-corrected chi connectivity index (χ0v) is 14.0. The second-order valence-electron chi connectivity index (χ2n) is 6.42. The molecule has 0 saturated heterocycles. The fourth-order valence-electron chi connectivity index (χ4n) is 3.68. The van der Waals surface area contributed by atoms with Crippen LogP contribution in [0.4, 0.5) is 13.2 Å². The topological polar surface area (TPSA) is 84.3 Å². The monoisotopic (exact) mass is 375 g/mol. The molecule has 0 bridgehead atoms. The Morgan fingerprint density at radius 2 is 1.85 bits per heavy atom. The SMILES string of the molecule is NCn1cc(-c2cc(CO)c3c(c2)C(O)(C(F)(F)F)c2ccccc2-3)cn1. The highest BCUT2D eigenvalue weighted by molar-refractivity contribution is 5.86. The van der Waals surface area contributed by atoms with Gasteiger partial charge in [-0.15, -0.1) is 0 Å². The molecular formula is C19H16F3N3O2. The predicted octanol–water partition coefficient (Wildman–Crippen LogP) is 2.74. The van der Waals surface area contributed by atoms with Crippen molar-refractivity contribution < 1.29 is 23.4 Å². The van der Waals surface area contributed by atoms with Gasteiger partial charge in [-0.3, -0.25) is 4.68 Å². The van der Waals surface area contributed by atoms with Crippen LogP contribution in [0, 0.1) is 0 Å². The third-order valence-electron chi connectivity index (χ3n) is 4.93. The second-order valence-corrected chi connectivity index (χ2v) is 6.42. The van der Waals surface area contributed by atoms with Crippen LogP contribution in [0.15, 0.2) is 48.8 Å². The summed E-state index contributed by atoms with van der Waals surface area (Å²) in [5.41, 5.74) is 3.56. The normalized spacial score (nSPS) is 18.4. The maximum absolute atomic E-state index is 14.0. The van der Waals surface area contributed by atoms with Gasteiger partial charge in [0.05, 0.1) is 19.5 Å². The number of fused-ring (bicyclic) bond motifs is 3. The lowest BCUT2D eigenvalue weighted by molar-refractivity contribution is -0.246. The Hall–Kier alpha value is -2.68. The summed E-state index contributed by atoms with van der Waals surface area (Å²) in [5.74, 6) is 0. The van der Waals surface area contributed by atoms with Gasteiger partial charge in [0.1, 0.15) is 0 Å². The first-order valence-corrected chi connectivity index (χ1v) is 8.21. The minimum atomic E-state index is -4.93. The predicted molar refractivity (Wildman–Crippen MR) is 92.3 cm³/mol. The van der Waals surface area contributed by atoms with Crippen molar-refractivity contribution in [3.05, 3.63) is 65.5 Å². The molecule has 0 radical (unpaired) electrons. The first-order valence-electron chi connectivity index (χ1n) is 8.21. The number of halogens is 3. The van der Waals surface area contributed by atoms with Crippen molar-refractivity contribution in [3.63, 3.8) is 0 Å². The highest BCUT2D eigenvalue weighted by atomic mass is 19.4. The number of aromatic nitrogens is 2. The fraction of sp³-hybridized carbons (Fsp3) is 0.211. The summed E-state index contributed by atoms with van der Waals surface area (Å²) < 4.78 is 43.4. The molecule has 4 N–H and O–H groups in total. The van der Waals surface area contributed by atoms with Crippen molar-refractivity contribution >= 4 is 0 Å². The maximum Gasteiger partial charge on any atom is 0.425 e. The molecule has 0 spiro atoms. The maximum atomic E-state index is 14.0. The summed E-state index contributed by atoms with van der Waals surface area (Å²) in [6.07, 6.45) is -1.86. The van der Waals surface area contributed by atoms with E-state index in [1.54, 1.807) is 18.3 Å². The first-order chi connectivity index (χ1) is 12.8. The van der Waals surface area contributed by atoms with Crippen molar-refractivity contribution in [1.82, 2.24) is 9.78 Å². The molecule has 8 heteroatoms. The Bertz CT molecular complexity index is 1030. The number of aliphatic hydroxyl groups excluding tert-OH is 1. The van der Waals surface area contributed by atoms with E-state index in [0.29, 0.717) is 16.7 Å². The van der Waals surface area contributed by atoms with E-state index in [1.807, 2.05) is 0 Å². The molecule has 0 amide bonds. The Kier molecular flexibility index (Phi) is 3.88. The molecule has 1 aliphatic carbocycles. The summed E-state index contributed by atoms with van der Waals surface area (Å²) in [7, 11) is 0. The number of nitrogens with two attached hydrogens (primary N) is 1. The summed E-state index contributed by atoms with van der Waals surface area (Å²) in [5, 5.41) is 24.7. The van der Waals surface area contributed by atoms with Crippen molar-refractivity contribution in [2.75, 3.05) is 0 Å². The van der Waals surface area contributed by atoms with Crippen molar-refractivity contribution in [2.24, 2.45) is 5.73 Å². The third kappa shape index (κ3) is 2.41. The van der Waals surface area contributed by atoms with Gasteiger partial charge in [0.15, 0.2) is 0 Å². The summed E-state index contributed by atoms with van der Waals surface area (Å²) in [6.45, 7) is -0.348. The van der Waals surface area contributed by atoms with Gasteiger partial charge in [-0.1, -0.05) is 24.3 Å². The molecule has 0 aliphatic heterocycles. The van der Waals surface area contributed by atoms with Gasteiger partial charge in [-0.25, -0.2) is 0 Å². The van der Waals surface area contributed by atoms with Crippen LogP contribution in [0.25, 0.3) is 22.3 Å². The van der Waals surface area contributed by atoms with Gasteiger partial charge in [-0.2, -0.15) is 18.3 Å². The molecule has 1 aliphatic rings. The Morgan fingerprint density at radius 1 is 1.11 bits per heavy atom. The molecule has 140 valence electrons. The lowest BCUT2D eigenvalue weighted by atomic mass is 9.88. The lowest BCUT2D eigenvalue weighted by Crippen LogP contribution is -2.41. The third-order valence-corrected chi connectivity index (χ3v) is 4.93. The van der Waals surface area contributed by atoms with Crippen molar-refractivity contribution in [1.29, 1.82) is 0 Å². The van der Waals surface area contributed by atoms with Crippen LogP contribution >= 0.6 is 0 Å². The molecule has 4 rings (SSSR count). The number of benzene rings is 2. The first kappa shape index (κ1) is 17.7. The van der Waals surface area contributed by atoms with Gasteiger partial charge < -0.3 is 15.9 Å². The van der Waals surface area contributed by atoms with Gasteiger partial charge >= 0.3 is 6.18 Å². The standard InChI is InChI=1S/C19H16F3N3O2/c20-19(21,22)18(27)15-4-2-1-3-14(15)17-12(9-26)5-11(6-16(17)18)13-7-24-25(8-13)10-23/h1-8,26-27H,9-10,23H2. The van der Waals surface area contributed by atoms with E-state index in [2.05, 4.69) is 5.10 Å². The van der Waals surface area contributed by atoms with Crippen LogP contribution in [0.2, 0.25) is 0 Å². The lowest BCUT2D eigenvalue weighted by Gasteiger charge is -2.28. The highest BCUT2D eigenvalue weighted by Crippen LogP contribution is 2.56. The smallest absolute Gasteiger partial charge is 0.392 e. The second kappa shape index (κ2) is 5.91. The summed E-state index contributed by atoms with van der Waals surface area (Å²) in [4.78, 5) is 0. The zero-order valence-electron chi connectivity index (χ0n) is 14.0. The minimum absolute atomic E-state index is 0.121. The molecule has 5 nitrogen and oxygen atoms in total. The van der Waals surface area contributed by atoms with Crippen LogP contribution < -0.4 is 5.73 Å². The number of hydrogen-bond acceptors (Lipinski definition) is 4. The van der Waals surface area contributed by atoms with E-state index in [4.69, 9.17) is 5.73 Å². The molecular weight excluding hydrogens is 359 g/mol. The Morgan fingerprint density at radius 3 is 2.48 bits per heavy atom. The van der Waals surface area contributed by atoms with E-state index in [-0.39, 0.29) is 28.9 Å². The van der Waals surface area contributed by atoms with Gasteiger partial charge in [0.2, 0.25) is 5.60 Å². The molecule has 2 aromatic carbocycles. The number of alkyl halides is 3. The highest BCUT2D eigenvalue weighted by Gasteiger charge is 2.61. The molecule has 1 atom stereocenters. The van der Waals surface area contributed by atoms with E-state index < -0.39 is 18.4 Å². The van der Waals surface area contributed by atoms with E-state index in [1.165, 1.54) is 35.1 Å². The molecule has 1 aromatic heterocycles. The van der Waals surface area contributed by atoms with Crippen LogP contribution in [0.5, 0.6) is 0 Å². The minimum Gasteiger partial charge on any atom is -0.392 e. The van der Waals surface area contributed by atoms with E-state index >= 15 is 0 Å².